The largest absolute Gasteiger partial charge is 0.484 e. The maximum Gasteiger partial charge on any atom is 0.258 e. The first kappa shape index (κ1) is 18.0. The van der Waals surface area contributed by atoms with Crippen molar-refractivity contribution < 1.29 is 9.53 Å². The minimum Gasteiger partial charge on any atom is -0.484 e. The molecule has 1 fully saturated rings. The van der Waals surface area contributed by atoms with Gasteiger partial charge in [0, 0.05) is 17.1 Å². The Balaban J connectivity index is 0.00000192. The van der Waals surface area contributed by atoms with Crippen molar-refractivity contribution in [3.63, 3.8) is 0 Å². The van der Waals surface area contributed by atoms with E-state index in [1.165, 1.54) is 0 Å². The minimum atomic E-state index is -0.0652. The molecule has 1 aliphatic heterocycles. The number of hydrogen-bond acceptors (Lipinski definition) is 3. The van der Waals surface area contributed by atoms with E-state index in [1.54, 1.807) is 0 Å². The van der Waals surface area contributed by atoms with Gasteiger partial charge in [-0.1, -0.05) is 28.1 Å². The average molecular weight is 400 g/mol. The molecular formula is C17H20BrClN2O2. The summed E-state index contributed by atoms with van der Waals surface area (Å²) in [5.41, 5.74) is 0. The van der Waals surface area contributed by atoms with Crippen LogP contribution in [0.2, 0.25) is 0 Å². The first-order chi connectivity index (χ1) is 10.7. The Morgan fingerprint density at radius 3 is 2.83 bits per heavy atom. The predicted octanol–water partition coefficient (Wildman–Crippen LogP) is 3.27. The summed E-state index contributed by atoms with van der Waals surface area (Å²) in [7, 11) is 0. The zero-order valence-corrected chi connectivity index (χ0v) is 15.1. The van der Waals surface area contributed by atoms with Crippen molar-refractivity contribution in [2.45, 2.75) is 18.9 Å². The fourth-order valence-corrected chi connectivity index (χ4v) is 3.06. The van der Waals surface area contributed by atoms with E-state index in [0.29, 0.717) is 5.75 Å². The zero-order valence-electron chi connectivity index (χ0n) is 12.7. The van der Waals surface area contributed by atoms with Gasteiger partial charge in [0.05, 0.1) is 0 Å². The molecule has 6 heteroatoms. The highest BCUT2D eigenvalue weighted by Crippen LogP contribution is 2.24. The van der Waals surface area contributed by atoms with Gasteiger partial charge in [-0.05, 0) is 54.4 Å². The summed E-state index contributed by atoms with van der Waals surface area (Å²) in [6.45, 7) is 1.94. The number of amides is 1. The molecule has 23 heavy (non-hydrogen) atoms. The Kier molecular flexibility index (Phi) is 6.69. The van der Waals surface area contributed by atoms with Gasteiger partial charge in [0.15, 0.2) is 6.61 Å². The number of benzene rings is 2. The van der Waals surface area contributed by atoms with E-state index in [-0.39, 0.29) is 31.0 Å². The molecule has 2 aromatic carbocycles. The van der Waals surface area contributed by atoms with E-state index in [9.17, 15) is 4.79 Å². The van der Waals surface area contributed by atoms with Gasteiger partial charge in [-0.25, -0.2) is 0 Å². The Labute approximate surface area is 150 Å². The van der Waals surface area contributed by atoms with Crippen LogP contribution in [0.5, 0.6) is 5.75 Å². The molecule has 1 amide bonds. The molecule has 1 heterocycles. The third kappa shape index (κ3) is 5.09. The predicted molar refractivity (Wildman–Crippen MR) is 98.4 cm³/mol. The summed E-state index contributed by atoms with van der Waals surface area (Å²) < 4.78 is 6.65. The van der Waals surface area contributed by atoms with Crippen LogP contribution in [-0.2, 0) is 4.79 Å². The first-order valence-electron chi connectivity index (χ1n) is 7.53. The van der Waals surface area contributed by atoms with Crippen LogP contribution in [0.3, 0.4) is 0 Å². The maximum absolute atomic E-state index is 11.9. The smallest absolute Gasteiger partial charge is 0.258 e. The van der Waals surface area contributed by atoms with Gasteiger partial charge in [-0.15, -0.1) is 12.4 Å². The molecule has 0 radical (unpaired) electrons. The van der Waals surface area contributed by atoms with Crippen LogP contribution in [0.25, 0.3) is 10.8 Å². The van der Waals surface area contributed by atoms with Crippen molar-refractivity contribution in [1.82, 2.24) is 10.6 Å². The molecule has 0 aliphatic carbocycles. The lowest BCUT2D eigenvalue weighted by Gasteiger charge is -2.23. The zero-order chi connectivity index (χ0) is 15.4. The first-order valence-corrected chi connectivity index (χ1v) is 8.32. The monoisotopic (exact) mass is 398 g/mol. The third-order valence-corrected chi connectivity index (χ3v) is 4.30. The minimum absolute atomic E-state index is 0. The van der Waals surface area contributed by atoms with Crippen molar-refractivity contribution in [1.29, 1.82) is 0 Å². The number of halogens is 2. The molecule has 1 atom stereocenters. The quantitative estimate of drug-likeness (QED) is 0.829. The van der Waals surface area contributed by atoms with E-state index in [0.717, 1.165) is 41.2 Å². The number of ether oxygens (including phenoxy) is 1. The molecule has 0 spiro atoms. The highest BCUT2D eigenvalue weighted by molar-refractivity contribution is 9.10. The third-order valence-electron chi connectivity index (χ3n) is 3.81. The van der Waals surface area contributed by atoms with E-state index in [4.69, 9.17) is 4.74 Å². The van der Waals surface area contributed by atoms with Gasteiger partial charge in [-0.2, -0.15) is 0 Å². The van der Waals surface area contributed by atoms with Gasteiger partial charge in [-0.3, -0.25) is 4.79 Å². The summed E-state index contributed by atoms with van der Waals surface area (Å²) in [5, 5.41) is 8.51. The Morgan fingerprint density at radius 2 is 2.04 bits per heavy atom. The summed E-state index contributed by atoms with van der Waals surface area (Å²) in [4.78, 5) is 11.9. The van der Waals surface area contributed by atoms with E-state index < -0.39 is 0 Å². The lowest BCUT2D eigenvalue weighted by atomic mass is 10.1. The fourth-order valence-electron chi connectivity index (χ4n) is 2.68. The van der Waals surface area contributed by atoms with Crippen LogP contribution in [-0.4, -0.2) is 31.6 Å². The Hall–Kier alpha value is -1.30. The number of rotatable bonds is 4. The second-order valence-electron chi connectivity index (χ2n) is 5.55. The average Bonchev–Trinajstić information content (AvgIpc) is 2.54. The molecule has 124 valence electrons. The second kappa shape index (κ2) is 8.52. The number of carbonyl (C=O) groups excluding carboxylic acids is 1. The molecule has 2 N–H and O–H groups in total. The standard InChI is InChI=1S/C17H19BrN2O2.ClH/c18-14-5-3-13-9-16(6-4-12(13)8-14)22-11-17(21)20-15-2-1-7-19-10-15;/h3-6,8-9,15,19H,1-2,7,10-11H2,(H,20,21);1H/t15-;/m0./s1. The van der Waals surface area contributed by atoms with Crippen LogP contribution in [0.4, 0.5) is 0 Å². The molecular weight excluding hydrogens is 380 g/mol. The number of carbonyl (C=O) groups is 1. The lowest BCUT2D eigenvalue weighted by molar-refractivity contribution is -0.123. The summed E-state index contributed by atoms with van der Waals surface area (Å²) in [5.74, 6) is 0.649. The van der Waals surface area contributed by atoms with Crippen LogP contribution in [0, 0.1) is 0 Å². The van der Waals surface area contributed by atoms with Gasteiger partial charge < -0.3 is 15.4 Å². The number of fused-ring (bicyclic) bond motifs is 1. The summed E-state index contributed by atoms with van der Waals surface area (Å²) in [6, 6.07) is 12.1. The molecule has 0 bridgehead atoms. The molecule has 0 saturated carbocycles. The normalized spacial score (nSPS) is 17.3. The molecule has 0 aromatic heterocycles. The van der Waals surface area contributed by atoms with Crippen LogP contribution in [0.15, 0.2) is 40.9 Å². The highest BCUT2D eigenvalue weighted by Gasteiger charge is 2.15. The van der Waals surface area contributed by atoms with Gasteiger partial charge in [0.2, 0.25) is 0 Å². The Morgan fingerprint density at radius 1 is 1.26 bits per heavy atom. The molecule has 2 aromatic rings. The maximum atomic E-state index is 11.9. The number of piperidine rings is 1. The van der Waals surface area contributed by atoms with Gasteiger partial charge in [0.1, 0.15) is 5.75 Å². The Bertz CT molecular complexity index is 675. The van der Waals surface area contributed by atoms with Crippen molar-refractivity contribution in [2.75, 3.05) is 19.7 Å². The van der Waals surface area contributed by atoms with Crippen molar-refractivity contribution >= 4 is 45.0 Å². The van der Waals surface area contributed by atoms with E-state index >= 15 is 0 Å². The summed E-state index contributed by atoms with van der Waals surface area (Å²) >= 11 is 3.46. The van der Waals surface area contributed by atoms with Crippen LogP contribution >= 0.6 is 28.3 Å². The van der Waals surface area contributed by atoms with Gasteiger partial charge >= 0.3 is 0 Å². The van der Waals surface area contributed by atoms with Crippen LogP contribution < -0.4 is 15.4 Å². The lowest BCUT2D eigenvalue weighted by Crippen LogP contribution is -2.46. The van der Waals surface area contributed by atoms with Gasteiger partial charge in [0.25, 0.3) is 5.91 Å². The molecule has 3 rings (SSSR count). The van der Waals surface area contributed by atoms with Crippen molar-refractivity contribution in [3.05, 3.63) is 40.9 Å². The van der Waals surface area contributed by atoms with E-state index in [1.807, 2.05) is 30.3 Å². The molecule has 4 nitrogen and oxygen atoms in total. The second-order valence-corrected chi connectivity index (χ2v) is 6.47. The SMILES string of the molecule is Cl.O=C(COc1ccc2cc(Br)ccc2c1)N[C@H]1CCCNC1. The topological polar surface area (TPSA) is 50.4 Å². The van der Waals surface area contributed by atoms with Crippen molar-refractivity contribution in [3.8, 4) is 5.75 Å². The highest BCUT2D eigenvalue weighted by atomic mass is 79.9. The number of nitrogens with one attached hydrogen (secondary N) is 2. The molecule has 1 saturated heterocycles. The number of hydrogen-bond donors (Lipinski definition) is 2. The van der Waals surface area contributed by atoms with E-state index in [2.05, 4.69) is 32.6 Å². The fraction of sp³-hybridized carbons (Fsp3) is 0.353. The molecule has 1 aliphatic rings. The van der Waals surface area contributed by atoms with Crippen LogP contribution in [0.1, 0.15) is 12.8 Å². The molecule has 0 unspecified atom stereocenters. The van der Waals surface area contributed by atoms with Crippen molar-refractivity contribution in [2.24, 2.45) is 0 Å². The summed E-state index contributed by atoms with van der Waals surface area (Å²) in [6.07, 6.45) is 2.13.